The first-order chi connectivity index (χ1) is 10.8. The highest BCUT2D eigenvalue weighted by atomic mass is 19.1. The maximum atomic E-state index is 13.7. The predicted molar refractivity (Wildman–Crippen MR) is 96.9 cm³/mol. The van der Waals surface area contributed by atoms with Gasteiger partial charge in [-0.15, -0.1) is 0 Å². The van der Waals surface area contributed by atoms with Gasteiger partial charge in [-0.05, 0) is 55.9 Å². The number of hydrogen-bond donors (Lipinski definition) is 2. The van der Waals surface area contributed by atoms with Crippen molar-refractivity contribution >= 4 is 5.71 Å². The summed E-state index contributed by atoms with van der Waals surface area (Å²) in [4.78, 5) is 0. The lowest BCUT2D eigenvalue weighted by Gasteiger charge is -2.12. The van der Waals surface area contributed by atoms with E-state index in [0.29, 0.717) is 42.5 Å². The summed E-state index contributed by atoms with van der Waals surface area (Å²) >= 11 is 0. The largest absolute Gasteiger partial charge is 0.490 e. The predicted octanol–water partition coefficient (Wildman–Crippen LogP) is 5.41. The second-order valence-corrected chi connectivity index (χ2v) is 5.58. The quantitative estimate of drug-likeness (QED) is 0.521. The van der Waals surface area contributed by atoms with Crippen molar-refractivity contribution in [1.82, 2.24) is 0 Å². The zero-order valence-corrected chi connectivity index (χ0v) is 15.3. The molecule has 0 amide bonds. The SMILES string of the molecule is CC.CC(=N)/C(CCCOc1cc(C(C)C)ccc1F)=C(/C)N. The first kappa shape index (κ1) is 21.2. The number of ether oxygens (including phenoxy) is 1. The molecule has 0 aliphatic carbocycles. The highest BCUT2D eigenvalue weighted by Crippen LogP contribution is 2.24. The van der Waals surface area contributed by atoms with Gasteiger partial charge in [-0.3, -0.25) is 0 Å². The molecule has 1 aromatic carbocycles. The molecule has 1 rings (SSSR count). The summed E-state index contributed by atoms with van der Waals surface area (Å²) in [5.41, 5.74) is 8.78. The summed E-state index contributed by atoms with van der Waals surface area (Å²) in [5, 5.41) is 7.65. The molecule has 4 heteroatoms. The van der Waals surface area contributed by atoms with Gasteiger partial charge in [0.1, 0.15) is 0 Å². The van der Waals surface area contributed by atoms with Crippen LogP contribution in [-0.4, -0.2) is 12.3 Å². The molecular formula is C19H31FN2O. The van der Waals surface area contributed by atoms with E-state index in [-0.39, 0.29) is 5.82 Å². The zero-order chi connectivity index (χ0) is 18.0. The van der Waals surface area contributed by atoms with E-state index < -0.39 is 0 Å². The summed E-state index contributed by atoms with van der Waals surface area (Å²) in [7, 11) is 0. The summed E-state index contributed by atoms with van der Waals surface area (Å²) in [6.45, 7) is 12.0. The second-order valence-electron chi connectivity index (χ2n) is 5.58. The Morgan fingerprint density at radius 1 is 1.26 bits per heavy atom. The van der Waals surface area contributed by atoms with Crippen LogP contribution in [0.25, 0.3) is 0 Å². The molecule has 1 aromatic rings. The van der Waals surface area contributed by atoms with Crippen LogP contribution in [0.5, 0.6) is 5.75 Å². The van der Waals surface area contributed by atoms with Crippen molar-refractivity contribution in [2.75, 3.05) is 6.61 Å². The third kappa shape index (κ3) is 7.31. The van der Waals surface area contributed by atoms with Crippen LogP contribution in [0.1, 0.15) is 65.9 Å². The smallest absolute Gasteiger partial charge is 0.165 e. The summed E-state index contributed by atoms with van der Waals surface area (Å²) in [5.74, 6) is 0.291. The fourth-order valence-corrected chi connectivity index (χ4v) is 2.10. The van der Waals surface area contributed by atoms with Crippen LogP contribution in [0.4, 0.5) is 4.39 Å². The van der Waals surface area contributed by atoms with Gasteiger partial charge in [0.05, 0.1) is 6.61 Å². The number of nitrogens with two attached hydrogens (primary N) is 1. The van der Waals surface area contributed by atoms with Crippen LogP contribution in [0, 0.1) is 11.2 Å². The van der Waals surface area contributed by atoms with Crippen LogP contribution in [-0.2, 0) is 0 Å². The molecule has 0 aliphatic heterocycles. The fourth-order valence-electron chi connectivity index (χ4n) is 2.10. The van der Waals surface area contributed by atoms with Crippen molar-refractivity contribution in [3.63, 3.8) is 0 Å². The van der Waals surface area contributed by atoms with Crippen molar-refractivity contribution in [1.29, 1.82) is 5.41 Å². The van der Waals surface area contributed by atoms with Gasteiger partial charge in [0.15, 0.2) is 11.6 Å². The van der Waals surface area contributed by atoms with Crippen molar-refractivity contribution in [2.24, 2.45) is 5.73 Å². The van der Waals surface area contributed by atoms with Gasteiger partial charge in [-0.25, -0.2) is 4.39 Å². The van der Waals surface area contributed by atoms with Crippen molar-refractivity contribution in [3.8, 4) is 5.75 Å². The van der Waals surface area contributed by atoms with E-state index in [9.17, 15) is 4.39 Å². The molecule has 23 heavy (non-hydrogen) atoms. The molecule has 0 saturated heterocycles. The molecule has 0 spiro atoms. The Morgan fingerprint density at radius 2 is 1.87 bits per heavy atom. The van der Waals surface area contributed by atoms with E-state index in [1.165, 1.54) is 6.07 Å². The van der Waals surface area contributed by atoms with Crippen LogP contribution >= 0.6 is 0 Å². The Labute approximate surface area is 140 Å². The average molecular weight is 322 g/mol. The molecule has 0 aliphatic rings. The summed E-state index contributed by atoms with van der Waals surface area (Å²) in [6.07, 6.45) is 1.37. The van der Waals surface area contributed by atoms with Crippen molar-refractivity contribution in [3.05, 3.63) is 40.8 Å². The highest BCUT2D eigenvalue weighted by molar-refractivity contribution is 5.96. The Balaban J connectivity index is 0.00000232. The number of halogens is 1. The Kier molecular flexibility index (Phi) is 9.95. The van der Waals surface area contributed by atoms with Gasteiger partial charge in [0, 0.05) is 11.4 Å². The number of rotatable bonds is 7. The highest BCUT2D eigenvalue weighted by Gasteiger charge is 2.08. The monoisotopic (exact) mass is 322 g/mol. The summed E-state index contributed by atoms with van der Waals surface area (Å²) in [6, 6.07) is 4.98. The van der Waals surface area contributed by atoms with Gasteiger partial charge in [-0.2, -0.15) is 0 Å². The van der Waals surface area contributed by atoms with Gasteiger partial charge in [0.25, 0.3) is 0 Å². The van der Waals surface area contributed by atoms with Crippen LogP contribution in [0.3, 0.4) is 0 Å². The minimum absolute atomic E-state index is 0.294. The molecule has 0 atom stereocenters. The van der Waals surface area contributed by atoms with Gasteiger partial charge in [0.2, 0.25) is 0 Å². The Hall–Kier alpha value is -1.84. The number of allylic oxidation sites excluding steroid dienone is 2. The van der Waals surface area contributed by atoms with Crippen molar-refractivity contribution in [2.45, 2.75) is 60.3 Å². The zero-order valence-electron chi connectivity index (χ0n) is 15.3. The average Bonchev–Trinajstić information content (AvgIpc) is 2.49. The molecule has 0 bridgehead atoms. The molecular weight excluding hydrogens is 291 g/mol. The van der Waals surface area contributed by atoms with Gasteiger partial charge < -0.3 is 15.9 Å². The number of benzene rings is 1. The molecule has 0 saturated carbocycles. The molecule has 3 N–H and O–H groups in total. The minimum Gasteiger partial charge on any atom is -0.490 e. The minimum atomic E-state index is -0.339. The lowest BCUT2D eigenvalue weighted by atomic mass is 10.0. The van der Waals surface area contributed by atoms with E-state index in [0.717, 1.165) is 11.1 Å². The molecule has 0 radical (unpaired) electrons. The van der Waals surface area contributed by atoms with Crippen LogP contribution in [0.2, 0.25) is 0 Å². The van der Waals surface area contributed by atoms with E-state index in [4.69, 9.17) is 15.9 Å². The lowest BCUT2D eigenvalue weighted by molar-refractivity contribution is 0.295. The maximum absolute atomic E-state index is 13.7. The van der Waals surface area contributed by atoms with E-state index in [1.54, 1.807) is 26.0 Å². The topological polar surface area (TPSA) is 59.1 Å². The molecule has 130 valence electrons. The molecule has 0 aromatic heterocycles. The maximum Gasteiger partial charge on any atom is 0.165 e. The van der Waals surface area contributed by atoms with Crippen molar-refractivity contribution < 1.29 is 9.13 Å². The van der Waals surface area contributed by atoms with Gasteiger partial charge >= 0.3 is 0 Å². The third-order valence-corrected chi connectivity index (χ3v) is 3.38. The lowest BCUT2D eigenvalue weighted by Crippen LogP contribution is -2.08. The number of nitrogens with one attached hydrogen (secondary N) is 1. The van der Waals surface area contributed by atoms with Gasteiger partial charge in [-0.1, -0.05) is 33.8 Å². The molecule has 0 heterocycles. The second kappa shape index (κ2) is 10.8. The Bertz CT molecular complexity index is 532. The van der Waals surface area contributed by atoms with Crippen LogP contribution in [0.15, 0.2) is 29.5 Å². The first-order valence-electron chi connectivity index (χ1n) is 8.26. The standard InChI is InChI=1S/C17H25FN2O.C2H6/c1-11(2)14-7-8-16(18)17(10-14)21-9-5-6-15(12(3)19)13(4)20;1-2/h7-8,10-11,19H,5-6,9,20H2,1-4H3;1-2H3/b15-13-,19-12?;. The van der Waals surface area contributed by atoms with E-state index in [2.05, 4.69) is 13.8 Å². The normalized spacial score (nSPS) is 11.5. The number of hydrogen-bond acceptors (Lipinski definition) is 3. The van der Waals surface area contributed by atoms with E-state index >= 15 is 0 Å². The first-order valence-corrected chi connectivity index (χ1v) is 8.26. The fraction of sp³-hybridized carbons (Fsp3) is 0.526. The molecule has 0 unspecified atom stereocenters. The summed E-state index contributed by atoms with van der Waals surface area (Å²) < 4.78 is 19.2. The Morgan fingerprint density at radius 3 is 2.35 bits per heavy atom. The molecule has 3 nitrogen and oxygen atoms in total. The third-order valence-electron chi connectivity index (χ3n) is 3.38. The van der Waals surface area contributed by atoms with Crippen LogP contribution < -0.4 is 10.5 Å². The van der Waals surface area contributed by atoms with E-state index in [1.807, 2.05) is 13.8 Å². The molecule has 0 fully saturated rings.